The van der Waals surface area contributed by atoms with E-state index >= 15 is 0 Å². The first kappa shape index (κ1) is 13.5. The number of carbonyl (C=O) groups is 1. The van der Waals surface area contributed by atoms with Crippen LogP contribution in [-0.2, 0) is 14.3 Å². The minimum absolute atomic E-state index is 0.370. The molecule has 1 rings (SSSR count). The number of benzene rings is 1. The molecule has 0 heterocycles. The van der Waals surface area contributed by atoms with Gasteiger partial charge in [-0.15, -0.1) is 0 Å². The van der Waals surface area contributed by atoms with Gasteiger partial charge in [0.15, 0.2) is 6.10 Å². The third kappa shape index (κ3) is 4.83. The molecule has 0 bridgehead atoms. The van der Waals surface area contributed by atoms with E-state index in [1.54, 1.807) is 6.08 Å². The maximum Gasteiger partial charge on any atom is 0.339 e. The van der Waals surface area contributed by atoms with Crippen LogP contribution in [0.3, 0.4) is 0 Å². The van der Waals surface area contributed by atoms with Crippen LogP contribution >= 0.6 is 0 Å². The van der Waals surface area contributed by atoms with Crippen LogP contribution < -0.4 is 0 Å². The molecular formula is C14H18O3. The first-order valence-corrected chi connectivity index (χ1v) is 5.70. The molecule has 0 saturated carbocycles. The molecule has 0 radical (unpaired) electrons. The van der Waals surface area contributed by atoms with Gasteiger partial charge >= 0.3 is 5.97 Å². The van der Waals surface area contributed by atoms with Crippen LogP contribution in [-0.4, -0.2) is 25.8 Å². The van der Waals surface area contributed by atoms with Crippen molar-refractivity contribution in [1.82, 2.24) is 0 Å². The molecule has 17 heavy (non-hydrogen) atoms. The maximum absolute atomic E-state index is 11.4. The fourth-order valence-corrected chi connectivity index (χ4v) is 1.33. The van der Waals surface area contributed by atoms with Gasteiger partial charge in [0.05, 0.1) is 7.11 Å². The van der Waals surface area contributed by atoms with Gasteiger partial charge in [-0.05, 0) is 18.1 Å². The van der Waals surface area contributed by atoms with Gasteiger partial charge in [0, 0.05) is 6.61 Å². The zero-order valence-electron chi connectivity index (χ0n) is 10.3. The summed E-state index contributed by atoms with van der Waals surface area (Å²) < 4.78 is 10.1. The molecule has 0 spiro atoms. The SMILES string of the molecule is CCCOC(C=Cc1ccccc1)C(=O)OC. The van der Waals surface area contributed by atoms with Gasteiger partial charge in [-0.3, -0.25) is 0 Å². The third-order valence-corrected chi connectivity index (χ3v) is 2.20. The smallest absolute Gasteiger partial charge is 0.339 e. The maximum atomic E-state index is 11.4. The molecule has 0 saturated heterocycles. The molecule has 3 nitrogen and oxygen atoms in total. The molecule has 1 unspecified atom stereocenters. The summed E-state index contributed by atoms with van der Waals surface area (Å²) in [4.78, 5) is 11.4. The second-order valence-corrected chi connectivity index (χ2v) is 3.58. The highest BCUT2D eigenvalue weighted by atomic mass is 16.6. The minimum Gasteiger partial charge on any atom is -0.467 e. The minimum atomic E-state index is -0.625. The lowest BCUT2D eigenvalue weighted by atomic mass is 10.2. The van der Waals surface area contributed by atoms with Gasteiger partial charge in [0.25, 0.3) is 0 Å². The number of rotatable bonds is 6. The van der Waals surface area contributed by atoms with Crippen molar-refractivity contribution in [2.24, 2.45) is 0 Å². The van der Waals surface area contributed by atoms with E-state index in [4.69, 9.17) is 4.74 Å². The van der Waals surface area contributed by atoms with E-state index in [-0.39, 0.29) is 5.97 Å². The molecular weight excluding hydrogens is 216 g/mol. The fraction of sp³-hybridized carbons (Fsp3) is 0.357. The summed E-state index contributed by atoms with van der Waals surface area (Å²) in [5, 5.41) is 0. The fourth-order valence-electron chi connectivity index (χ4n) is 1.33. The Kier molecular flexibility index (Phi) is 6.04. The molecule has 1 atom stereocenters. The van der Waals surface area contributed by atoms with Gasteiger partial charge < -0.3 is 9.47 Å². The van der Waals surface area contributed by atoms with Crippen molar-refractivity contribution in [3.05, 3.63) is 42.0 Å². The van der Waals surface area contributed by atoms with E-state index in [9.17, 15) is 4.79 Å². The normalized spacial score (nSPS) is 12.6. The van der Waals surface area contributed by atoms with Crippen LogP contribution in [0, 0.1) is 0 Å². The molecule has 3 heteroatoms. The first-order chi connectivity index (χ1) is 8.27. The molecule has 0 N–H and O–H groups in total. The van der Waals surface area contributed by atoms with Gasteiger partial charge in [-0.1, -0.05) is 43.3 Å². The second kappa shape index (κ2) is 7.63. The molecule has 0 amide bonds. The number of hydrogen-bond donors (Lipinski definition) is 0. The summed E-state index contributed by atoms with van der Waals surface area (Å²) in [6, 6.07) is 9.76. The largest absolute Gasteiger partial charge is 0.467 e. The average molecular weight is 234 g/mol. The Hall–Kier alpha value is -1.61. The van der Waals surface area contributed by atoms with Crippen LogP contribution in [0.5, 0.6) is 0 Å². The van der Waals surface area contributed by atoms with E-state index in [0.717, 1.165) is 12.0 Å². The van der Waals surface area contributed by atoms with Crippen LogP contribution in [0.4, 0.5) is 0 Å². The third-order valence-electron chi connectivity index (χ3n) is 2.20. The summed E-state index contributed by atoms with van der Waals surface area (Å²) in [5.41, 5.74) is 1.03. The molecule has 1 aromatic rings. The summed E-state index contributed by atoms with van der Waals surface area (Å²) in [6.45, 7) is 2.54. The summed E-state index contributed by atoms with van der Waals surface area (Å²) in [7, 11) is 1.36. The van der Waals surface area contributed by atoms with Gasteiger partial charge in [-0.2, -0.15) is 0 Å². The predicted molar refractivity (Wildman–Crippen MR) is 67.5 cm³/mol. The van der Waals surface area contributed by atoms with Crippen LogP contribution in [0.15, 0.2) is 36.4 Å². The number of carbonyl (C=O) groups excluding carboxylic acids is 1. The highest BCUT2D eigenvalue weighted by molar-refractivity contribution is 5.78. The van der Waals surface area contributed by atoms with Gasteiger partial charge in [-0.25, -0.2) is 4.79 Å². The van der Waals surface area contributed by atoms with Crippen molar-refractivity contribution < 1.29 is 14.3 Å². The molecule has 0 aliphatic heterocycles. The summed E-state index contributed by atoms with van der Waals surface area (Å²) in [6.07, 6.45) is 3.82. The Balaban J connectivity index is 2.65. The lowest BCUT2D eigenvalue weighted by Crippen LogP contribution is -2.23. The number of methoxy groups -OCH3 is 1. The van der Waals surface area contributed by atoms with Gasteiger partial charge in [0.1, 0.15) is 0 Å². The number of hydrogen-bond acceptors (Lipinski definition) is 3. The Bertz CT molecular complexity index is 357. The monoisotopic (exact) mass is 234 g/mol. The molecule has 1 aromatic carbocycles. The number of esters is 1. The molecule has 0 fully saturated rings. The molecule has 0 aliphatic rings. The molecule has 0 aliphatic carbocycles. The van der Waals surface area contributed by atoms with E-state index in [1.165, 1.54) is 7.11 Å². The molecule has 92 valence electrons. The Morgan fingerprint density at radius 2 is 2.06 bits per heavy atom. The Morgan fingerprint density at radius 1 is 1.35 bits per heavy atom. The number of ether oxygens (including phenoxy) is 2. The Labute approximate surface area is 102 Å². The van der Waals surface area contributed by atoms with E-state index in [2.05, 4.69) is 4.74 Å². The standard InChI is InChI=1S/C14H18O3/c1-3-11-17-13(14(15)16-2)10-9-12-7-5-4-6-8-12/h4-10,13H,3,11H2,1-2H3. The van der Waals surface area contributed by atoms with Gasteiger partial charge in [0.2, 0.25) is 0 Å². The zero-order valence-corrected chi connectivity index (χ0v) is 10.3. The van der Waals surface area contributed by atoms with E-state index in [0.29, 0.717) is 6.61 Å². The van der Waals surface area contributed by atoms with Crippen LogP contribution in [0.2, 0.25) is 0 Å². The topological polar surface area (TPSA) is 35.5 Å². The summed E-state index contributed by atoms with van der Waals surface area (Å²) in [5.74, 6) is -0.370. The van der Waals surface area contributed by atoms with Crippen molar-refractivity contribution in [1.29, 1.82) is 0 Å². The summed E-state index contributed by atoms with van der Waals surface area (Å²) >= 11 is 0. The van der Waals surface area contributed by atoms with Crippen molar-refractivity contribution in [3.8, 4) is 0 Å². The average Bonchev–Trinajstić information content (AvgIpc) is 2.39. The van der Waals surface area contributed by atoms with E-state index in [1.807, 2.05) is 43.3 Å². The highest BCUT2D eigenvalue weighted by Crippen LogP contribution is 2.05. The van der Waals surface area contributed by atoms with Crippen molar-refractivity contribution in [3.63, 3.8) is 0 Å². The van der Waals surface area contributed by atoms with Crippen molar-refractivity contribution in [2.75, 3.05) is 13.7 Å². The lowest BCUT2D eigenvalue weighted by Gasteiger charge is -2.10. The quantitative estimate of drug-likeness (QED) is 0.710. The van der Waals surface area contributed by atoms with Crippen LogP contribution in [0.25, 0.3) is 6.08 Å². The zero-order chi connectivity index (χ0) is 12.5. The first-order valence-electron chi connectivity index (χ1n) is 5.70. The van der Waals surface area contributed by atoms with E-state index < -0.39 is 6.10 Å². The predicted octanol–water partition coefficient (Wildman–Crippen LogP) is 2.67. The van der Waals surface area contributed by atoms with Crippen molar-refractivity contribution in [2.45, 2.75) is 19.4 Å². The van der Waals surface area contributed by atoms with Crippen LogP contribution in [0.1, 0.15) is 18.9 Å². The molecule has 0 aromatic heterocycles. The van der Waals surface area contributed by atoms with Crippen molar-refractivity contribution >= 4 is 12.0 Å². The highest BCUT2D eigenvalue weighted by Gasteiger charge is 2.15. The second-order valence-electron chi connectivity index (χ2n) is 3.58. The Morgan fingerprint density at radius 3 is 2.65 bits per heavy atom. The lowest BCUT2D eigenvalue weighted by molar-refractivity contribution is -0.150.